The van der Waals surface area contributed by atoms with Crippen LogP contribution >= 0.6 is 15.9 Å². The standard InChI is InChI=1S/C11H17BrN2/c1-9(8-13)14-7-6-10-2-4-11(12)5-3-10/h2-5,9,14H,6-8,13H2,1H3. The van der Waals surface area contributed by atoms with Crippen LogP contribution in [-0.2, 0) is 6.42 Å². The molecule has 0 aliphatic rings. The van der Waals surface area contributed by atoms with Crippen molar-refractivity contribution in [3.8, 4) is 0 Å². The van der Waals surface area contributed by atoms with Gasteiger partial charge in [-0.05, 0) is 37.6 Å². The van der Waals surface area contributed by atoms with Gasteiger partial charge in [-0.3, -0.25) is 0 Å². The van der Waals surface area contributed by atoms with E-state index in [-0.39, 0.29) is 0 Å². The van der Waals surface area contributed by atoms with E-state index in [0.29, 0.717) is 12.6 Å². The Hall–Kier alpha value is -0.380. The minimum absolute atomic E-state index is 0.408. The molecule has 0 aromatic heterocycles. The highest BCUT2D eigenvalue weighted by Crippen LogP contribution is 2.10. The molecule has 2 nitrogen and oxygen atoms in total. The lowest BCUT2D eigenvalue weighted by molar-refractivity contribution is 0.559. The fraction of sp³-hybridized carbons (Fsp3) is 0.455. The second-order valence-electron chi connectivity index (χ2n) is 3.47. The average Bonchev–Trinajstić information content (AvgIpc) is 2.21. The van der Waals surface area contributed by atoms with E-state index in [1.165, 1.54) is 5.56 Å². The Kier molecular flexibility index (Phi) is 5.15. The number of nitrogens with one attached hydrogen (secondary N) is 1. The van der Waals surface area contributed by atoms with Gasteiger partial charge < -0.3 is 11.1 Å². The van der Waals surface area contributed by atoms with Gasteiger partial charge in [-0.15, -0.1) is 0 Å². The fourth-order valence-corrected chi connectivity index (χ4v) is 1.46. The van der Waals surface area contributed by atoms with Gasteiger partial charge in [-0.2, -0.15) is 0 Å². The van der Waals surface area contributed by atoms with Crippen LogP contribution in [0.15, 0.2) is 28.7 Å². The minimum atomic E-state index is 0.408. The van der Waals surface area contributed by atoms with Gasteiger partial charge in [0.2, 0.25) is 0 Å². The highest BCUT2D eigenvalue weighted by Gasteiger charge is 1.97. The maximum atomic E-state index is 5.50. The van der Waals surface area contributed by atoms with Crippen molar-refractivity contribution in [2.45, 2.75) is 19.4 Å². The van der Waals surface area contributed by atoms with E-state index in [4.69, 9.17) is 5.73 Å². The molecule has 1 atom stereocenters. The summed E-state index contributed by atoms with van der Waals surface area (Å²) in [7, 11) is 0. The topological polar surface area (TPSA) is 38.0 Å². The lowest BCUT2D eigenvalue weighted by Gasteiger charge is -2.10. The quantitative estimate of drug-likeness (QED) is 0.845. The number of rotatable bonds is 5. The third-order valence-electron chi connectivity index (χ3n) is 2.17. The van der Waals surface area contributed by atoms with Crippen molar-refractivity contribution in [2.24, 2.45) is 5.73 Å². The molecule has 3 heteroatoms. The Morgan fingerprint density at radius 1 is 1.36 bits per heavy atom. The predicted molar refractivity (Wildman–Crippen MR) is 64.4 cm³/mol. The zero-order valence-corrected chi connectivity index (χ0v) is 10.0. The summed E-state index contributed by atoms with van der Waals surface area (Å²) in [6.45, 7) is 3.78. The van der Waals surface area contributed by atoms with Crippen LogP contribution in [-0.4, -0.2) is 19.1 Å². The molecule has 1 rings (SSSR count). The van der Waals surface area contributed by atoms with Crippen LogP contribution in [0.3, 0.4) is 0 Å². The van der Waals surface area contributed by atoms with Crippen molar-refractivity contribution < 1.29 is 0 Å². The van der Waals surface area contributed by atoms with Crippen molar-refractivity contribution in [2.75, 3.05) is 13.1 Å². The second kappa shape index (κ2) is 6.17. The van der Waals surface area contributed by atoms with Gasteiger partial charge in [0.05, 0.1) is 0 Å². The van der Waals surface area contributed by atoms with E-state index in [2.05, 4.69) is 52.4 Å². The van der Waals surface area contributed by atoms with Crippen LogP contribution in [0.4, 0.5) is 0 Å². The van der Waals surface area contributed by atoms with Gasteiger partial charge in [-0.1, -0.05) is 28.1 Å². The smallest absolute Gasteiger partial charge is 0.0175 e. The molecule has 0 amide bonds. The molecule has 14 heavy (non-hydrogen) atoms. The van der Waals surface area contributed by atoms with Gasteiger partial charge in [0, 0.05) is 17.1 Å². The molecule has 1 aromatic carbocycles. The van der Waals surface area contributed by atoms with Crippen molar-refractivity contribution in [3.05, 3.63) is 34.3 Å². The zero-order valence-electron chi connectivity index (χ0n) is 8.46. The summed E-state index contributed by atoms with van der Waals surface area (Å²) in [4.78, 5) is 0. The molecule has 0 saturated carbocycles. The molecule has 0 spiro atoms. The SMILES string of the molecule is CC(CN)NCCc1ccc(Br)cc1. The van der Waals surface area contributed by atoms with Crippen molar-refractivity contribution in [3.63, 3.8) is 0 Å². The Labute approximate surface area is 94.0 Å². The van der Waals surface area contributed by atoms with Gasteiger partial charge in [0.25, 0.3) is 0 Å². The second-order valence-corrected chi connectivity index (χ2v) is 4.38. The van der Waals surface area contributed by atoms with Crippen LogP contribution in [0.2, 0.25) is 0 Å². The zero-order chi connectivity index (χ0) is 10.4. The van der Waals surface area contributed by atoms with E-state index in [0.717, 1.165) is 17.4 Å². The first kappa shape index (κ1) is 11.7. The highest BCUT2D eigenvalue weighted by atomic mass is 79.9. The van der Waals surface area contributed by atoms with Crippen LogP contribution in [0, 0.1) is 0 Å². The van der Waals surface area contributed by atoms with Gasteiger partial charge >= 0.3 is 0 Å². The predicted octanol–water partition coefficient (Wildman–Crippen LogP) is 1.93. The number of hydrogen-bond donors (Lipinski definition) is 2. The van der Waals surface area contributed by atoms with E-state index < -0.39 is 0 Å². The molecule has 0 radical (unpaired) electrons. The molecule has 1 unspecified atom stereocenters. The summed E-state index contributed by atoms with van der Waals surface area (Å²) >= 11 is 3.42. The fourth-order valence-electron chi connectivity index (χ4n) is 1.20. The van der Waals surface area contributed by atoms with Gasteiger partial charge in [-0.25, -0.2) is 0 Å². The number of benzene rings is 1. The highest BCUT2D eigenvalue weighted by molar-refractivity contribution is 9.10. The molecule has 0 saturated heterocycles. The minimum Gasteiger partial charge on any atom is -0.329 e. The lowest BCUT2D eigenvalue weighted by atomic mass is 10.1. The third kappa shape index (κ3) is 4.22. The maximum absolute atomic E-state index is 5.50. The molecule has 3 N–H and O–H groups in total. The Bertz CT molecular complexity index is 258. The van der Waals surface area contributed by atoms with Crippen LogP contribution in [0.5, 0.6) is 0 Å². The molecule has 1 aromatic rings. The largest absolute Gasteiger partial charge is 0.329 e. The molecular weight excluding hydrogens is 240 g/mol. The first-order valence-electron chi connectivity index (χ1n) is 4.90. The van der Waals surface area contributed by atoms with Crippen LogP contribution < -0.4 is 11.1 Å². The van der Waals surface area contributed by atoms with E-state index >= 15 is 0 Å². The third-order valence-corrected chi connectivity index (χ3v) is 2.70. The van der Waals surface area contributed by atoms with Crippen molar-refractivity contribution >= 4 is 15.9 Å². The Morgan fingerprint density at radius 2 is 2.00 bits per heavy atom. The van der Waals surface area contributed by atoms with Gasteiger partial charge in [0.15, 0.2) is 0 Å². The Morgan fingerprint density at radius 3 is 2.57 bits per heavy atom. The molecule has 78 valence electrons. The molecule has 0 bridgehead atoms. The van der Waals surface area contributed by atoms with E-state index in [9.17, 15) is 0 Å². The summed E-state index contributed by atoms with van der Waals surface area (Å²) in [6.07, 6.45) is 1.05. The molecule has 0 aliphatic heterocycles. The normalized spacial score (nSPS) is 12.8. The molecule has 0 aliphatic carbocycles. The number of nitrogens with two attached hydrogens (primary N) is 1. The average molecular weight is 257 g/mol. The van der Waals surface area contributed by atoms with Gasteiger partial charge in [0.1, 0.15) is 0 Å². The first-order chi connectivity index (χ1) is 6.72. The van der Waals surface area contributed by atoms with Crippen LogP contribution in [0.1, 0.15) is 12.5 Å². The number of halogens is 1. The lowest BCUT2D eigenvalue weighted by Crippen LogP contribution is -2.34. The number of hydrogen-bond acceptors (Lipinski definition) is 2. The summed E-state index contributed by atoms with van der Waals surface area (Å²) in [5.41, 5.74) is 6.85. The maximum Gasteiger partial charge on any atom is 0.0175 e. The van der Waals surface area contributed by atoms with E-state index in [1.807, 2.05) is 0 Å². The first-order valence-corrected chi connectivity index (χ1v) is 5.69. The molecule has 0 fully saturated rings. The van der Waals surface area contributed by atoms with Crippen molar-refractivity contribution in [1.29, 1.82) is 0 Å². The van der Waals surface area contributed by atoms with E-state index in [1.54, 1.807) is 0 Å². The summed E-state index contributed by atoms with van der Waals surface area (Å²) in [5, 5.41) is 3.36. The summed E-state index contributed by atoms with van der Waals surface area (Å²) in [6, 6.07) is 8.83. The molecule has 0 heterocycles. The summed E-state index contributed by atoms with van der Waals surface area (Å²) < 4.78 is 1.13. The Balaban J connectivity index is 2.28. The van der Waals surface area contributed by atoms with Crippen molar-refractivity contribution in [1.82, 2.24) is 5.32 Å². The molecular formula is C11H17BrN2. The van der Waals surface area contributed by atoms with Crippen LogP contribution in [0.25, 0.3) is 0 Å². The summed E-state index contributed by atoms with van der Waals surface area (Å²) in [5.74, 6) is 0. The monoisotopic (exact) mass is 256 g/mol.